The maximum atomic E-state index is 12.5. The Morgan fingerprint density at radius 3 is 2.43 bits per heavy atom. The number of benzene rings is 1. The summed E-state index contributed by atoms with van der Waals surface area (Å²) in [7, 11) is 0. The average molecular weight is 384 g/mol. The van der Waals surface area contributed by atoms with Crippen LogP contribution in [0.15, 0.2) is 33.6 Å². The van der Waals surface area contributed by atoms with Gasteiger partial charge in [0.2, 0.25) is 0 Å². The molecule has 1 amide bonds. The zero-order valence-corrected chi connectivity index (χ0v) is 14.8. The van der Waals surface area contributed by atoms with E-state index in [1.165, 1.54) is 16.7 Å². The van der Waals surface area contributed by atoms with Crippen molar-refractivity contribution in [2.75, 3.05) is 0 Å². The van der Waals surface area contributed by atoms with E-state index in [1.807, 2.05) is 38.1 Å². The van der Waals surface area contributed by atoms with E-state index in [1.54, 1.807) is 6.08 Å². The average Bonchev–Trinajstić information content (AvgIpc) is 2.70. The van der Waals surface area contributed by atoms with Crippen molar-refractivity contribution in [1.29, 1.82) is 0 Å². The summed E-state index contributed by atoms with van der Waals surface area (Å²) < 4.78 is 1.42. The molecule has 0 N–H and O–H groups in total. The summed E-state index contributed by atoms with van der Waals surface area (Å²) in [4.78, 5) is 25.7. The van der Waals surface area contributed by atoms with Gasteiger partial charge in [-0.05, 0) is 29.7 Å². The van der Waals surface area contributed by atoms with E-state index in [2.05, 4.69) is 15.9 Å². The number of halogens is 1. The van der Waals surface area contributed by atoms with E-state index < -0.39 is 6.04 Å². The highest BCUT2D eigenvalue weighted by Crippen LogP contribution is 2.35. The van der Waals surface area contributed by atoms with Crippen molar-refractivity contribution in [1.82, 2.24) is 4.90 Å². The molecule has 6 heteroatoms. The van der Waals surface area contributed by atoms with Gasteiger partial charge in [-0.3, -0.25) is 9.69 Å². The highest BCUT2D eigenvalue weighted by Gasteiger charge is 2.38. The quantitative estimate of drug-likeness (QED) is 0.449. The second-order valence-corrected chi connectivity index (χ2v) is 7.57. The Balaban J connectivity index is 2.29. The largest absolute Gasteiger partial charge is 0.301 e. The van der Waals surface area contributed by atoms with Gasteiger partial charge in [-0.2, -0.15) is 0 Å². The first-order valence-corrected chi connectivity index (χ1v) is 8.43. The molecule has 0 spiro atoms. The van der Waals surface area contributed by atoms with E-state index in [-0.39, 0.29) is 11.8 Å². The van der Waals surface area contributed by atoms with Crippen LogP contribution in [0.1, 0.15) is 19.4 Å². The molecule has 1 fully saturated rings. The number of thiocarbonyl (C=S) groups is 1. The molecule has 2 rings (SSSR count). The van der Waals surface area contributed by atoms with E-state index >= 15 is 0 Å². The van der Waals surface area contributed by atoms with Crippen molar-refractivity contribution in [3.63, 3.8) is 0 Å². The van der Waals surface area contributed by atoms with Crippen LogP contribution in [0.5, 0.6) is 0 Å². The van der Waals surface area contributed by atoms with Gasteiger partial charge in [-0.15, -0.1) is 0 Å². The monoisotopic (exact) mass is 383 g/mol. The van der Waals surface area contributed by atoms with Gasteiger partial charge in [0.15, 0.2) is 0 Å². The van der Waals surface area contributed by atoms with Crippen LogP contribution in [-0.4, -0.2) is 27.5 Å². The summed E-state index contributed by atoms with van der Waals surface area (Å²) in [6, 6.07) is 7.14. The molecule has 1 heterocycles. The molecular weight excluding hydrogens is 370 g/mol. The maximum Gasteiger partial charge on any atom is 0.266 e. The molecule has 1 atom stereocenters. The van der Waals surface area contributed by atoms with Crippen molar-refractivity contribution in [2.24, 2.45) is 5.92 Å². The molecule has 1 unspecified atom stereocenters. The topological polar surface area (TPSA) is 37.4 Å². The van der Waals surface area contributed by atoms with Crippen LogP contribution < -0.4 is 0 Å². The number of amides is 1. The Labute approximate surface area is 141 Å². The third-order valence-electron chi connectivity index (χ3n) is 3.11. The Kier molecular flexibility index (Phi) is 5.35. The first kappa shape index (κ1) is 16.4. The molecule has 0 aromatic heterocycles. The zero-order valence-electron chi connectivity index (χ0n) is 11.6. The number of rotatable bonds is 4. The zero-order chi connectivity index (χ0) is 15.6. The first-order valence-electron chi connectivity index (χ1n) is 6.42. The summed E-state index contributed by atoms with van der Waals surface area (Å²) in [6.07, 6.45) is 2.59. The van der Waals surface area contributed by atoms with Gasteiger partial charge in [0.05, 0.1) is 10.9 Å². The van der Waals surface area contributed by atoms with Gasteiger partial charge in [-0.25, -0.2) is 0 Å². The fraction of sp³-hybridized carbons (Fsp3) is 0.267. The summed E-state index contributed by atoms with van der Waals surface area (Å²) in [5, 5.41) is 0. The molecule has 0 saturated carbocycles. The number of carbonyl (C=O) groups excluding carboxylic acids is 2. The third kappa shape index (κ3) is 3.62. The Bertz CT molecular complexity index is 611. The first-order chi connectivity index (χ1) is 9.93. The Morgan fingerprint density at radius 1 is 1.29 bits per heavy atom. The predicted octanol–water partition coefficient (Wildman–Crippen LogP) is 3.87. The number of thioether (sulfide) groups is 1. The molecule has 3 nitrogen and oxygen atoms in total. The van der Waals surface area contributed by atoms with Gasteiger partial charge >= 0.3 is 0 Å². The lowest BCUT2D eigenvalue weighted by molar-refractivity contribution is -0.128. The van der Waals surface area contributed by atoms with Crippen LogP contribution >= 0.6 is 39.9 Å². The number of aldehydes is 1. The Hall–Kier alpha value is -0.980. The molecular formula is C15H14BrNO2S2. The molecule has 110 valence electrons. The van der Waals surface area contributed by atoms with Crippen molar-refractivity contribution in [3.8, 4) is 0 Å². The van der Waals surface area contributed by atoms with Crippen molar-refractivity contribution in [2.45, 2.75) is 19.9 Å². The van der Waals surface area contributed by atoms with Gasteiger partial charge in [0.25, 0.3) is 5.91 Å². The molecule has 0 aliphatic carbocycles. The minimum atomic E-state index is -0.506. The lowest BCUT2D eigenvalue weighted by atomic mass is 10.0. The minimum Gasteiger partial charge on any atom is -0.301 e. The predicted molar refractivity (Wildman–Crippen MR) is 93.8 cm³/mol. The number of nitrogens with zero attached hydrogens (tertiary/aromatic N) is 1. The maximum absolute atomic E-state index is 12.5. The molecule has 21 heavy (non-hydrogen) atoms. The van der Waals surface area contributed by atoms with E-state index in [0.717, 1.165) is 16.3 Å². The van der Waals surface area contributed by atoms with Crippen LogP contribution in [0.3, 0.4) is 0 Å². The van der Waals surface area contributed by atoms with Crippen LogP contribution in [0.25, 0.3) is 6.08 Å². The lowest BCUT2D eigenvalue weighted by Gasteiger charge is -2.24. The highest BCUT2D eigenvalue weighted by atomic mass is 79.9. The molecule has 1 saturated heterocycles. The summed E-state index contributed by atoms with van der Waals surface area (Å²) in [5.74, 6) is -0.171. The van der Waals surface area contributed by atoms with Crippen LogP contribution in [0.2, 0.25) is 0 Å². The minimum absolute atomic E-state index is 0.0250. The lowest BCUT2D eigenvalue weighted by Crippen LogP contribution is -2.42. The number of hydrogen-bond donors (Lipinski definition) is 0. The van der Waals surface area contributed by atoms with E-state index in [4.69, 9.17) is 12.2 Å². The van der Waals surface area contributed by atoms with E-state index in [0.29, 0.717) is 9.23 Å². The van der Waals surface area contributed by atoms with Crippen LogP contribution in [-0.2, 0) is 9.59 Å². The van der Waals surface area contributed by atoms with E-state index in [9.17, 15) is 9.59 Å². The molecule has 1 aromatic carbocycles. The van der Waals surface area contributed by atoms with Gasteiger partial charge < -0.3 is 4.79 Å². The van der Waals surface area contributed by atoms with Gasteiger partial charge in [-0.1, -0.05) is 65.9 Å². The van der Waals surface area contributed by atoms with Crippen LogP contribution in [0.4, 0.5) is 0 Å². The second kappa shape index (κ2) is 6.85. The second-order valence-electron chi connectivity index (χ2n) is 4.97. The molecule has 1 aliphatic rings. The summed E-state index contributed by atoms with van der Waals surface area (Å²) >= 11 is 9.87. The normalized spacial score (nSPS) is 18.7. The smallest absolute Gasteiger partial charge is 0.266 e. The van der Waals surface area contributed by atoms with Gasteiger partial charge in [0, 0.05) is 4.47 Å². The summed E-state index contributed by atoms with van der Waals surface area (Å²) in [6.45, 7) is 3.80. The molecule has 0 bridgehead atoms. The summed E-state index contributed by atoms with van der Waals surface area (Å²) in [5.41, 5.74) is 0.922. The standard InChI is InChI=1S/C15H14BrNO2S2/c1-9(2)12(8-18)17-14(19)13(21-15(17)20)7-10-3-5-11(16)6-4-10/h3-9,12H,1-2H3/b13-7-. The van der Waals surface area contributed by atoms with Crippen molar-refractivity contribution >= 4 is 62.5 Å². The molecule has 1 aliphatic heterocycles. The third-order valence-corrected chi connectivity index (χ3v) is 4.97. The fourth-order valence-corrected chi connectivity index (χ4v) is 3.57. The Morgan fingerprint density at radius 2 is 1.90 bits per heavy atom. The number of hydrogen-bond acceptors (Lipinski definition) is 4. The van der Waals surface area contributed by atoms with Crippen molar-refractivity contribution < 1.29 is 9.59 Å². The fourth-order valence-electron chi connectivity index (χ4n) is 1.96. The highest BCUT2D eigenvalue weighted by molar-refractivity contribution is 9.10. The number of carbonyl (C=O) groups is 2. The SMILES string of the molecule is CC(C)C(C=O)N1C(=O)/C(=C/c2ccc(Br)cc2)SC1=S. The van der Waals surface area contributed by atoms with Crippen molar-refractivity contribution in [3.05, 3.63) is 39.2 Å². The van der Waals surface area contributed by atoms with Gasteiger partial charge in [0.1, 0.15) is 10.6 Å². The molecule has 0 radical (unpaired) electrons. The van der Waals surface area contributed by atoms with Crippen LogP contribution in [0, 0.1) is 5.92 Å². The molecule has 1 aromatic rings.